The molecule has 0 saturated carbocycles. The Morgan fingerprint density at radius 3 is 3.00 bits per heavy atom. The first-order valence-electron chi connectivity index (χ1n) is 7.41. The average Bonchev–Trinajstić information content (AvgIpc) is 2.76. The highest BCUT2D eigenvalue weighted by molar-refractivity contribution is 5.85. The van der Waals surface area contributed by atoms with Crippen molar-refractivity contribution in [3.05, 3.63) is 23.8 Å². The summed E-state index contributed by atoms with van der Waals surface area (Å²) in [4.78, 5) is 2.52. The number of ether oxygens (including phenoxy) is 2. The van der Waals surface area contributed by atoms with E-state index in [1.807, 2.05) is 12.1 Å². The van der Waals surface area contributed by atoms with Gasteiger partial charge < -0.3 is 14.8 Å². The Bertz CT molecular complexity index is 475. The molecule has 1 unspecified atom stereocenters. The number of methoxy groups -OCH3 is 1. The fraction of sp³-hybridized carbons (Fsp3) is 0.625. The van der Waals surface area contributed by atoms with E-state index in [4.69, 9.17) is 9.47 Å². The summed E-state index contributed by atoms with van der Waals surface area (Å²) in [6, 6.07) is 6.14. The minimum absolute atomic E-state index is 0. The molecule has 0 spiro atoms. The van der Waals surface area contributed by atoms with Gasteiger partial charge in [-0.15, -0.1) is 12.4 Å². The number of nitrogens with zero attached hydrogens (tertiary/aromatic N) is 1. The molecule has 5 heteroatoms. The summed E-state index contributed by atoms with van der Waals surface area (Å²) in [5, 5.41) is 3.48. The minimum atomic E-state index is 0. The highest BCUT2D eigenvalue weighted by atomic mass is 35.5. The van der Waals surface area contributed by atoms with Crippen molar-refractivity contribution >= 4 is 12.4 Å². The molecule has 0 radical (unpaired) electrons. The van der Waals surface area contributed by atoms with Crippen LogP contribution in [0.5, 0.6) is 11.5 Å². The molecular weight excluding hydrogens is 288 g/mol. The molecule has 1 aromatic carbocycles. The van der Waals surface area contributed by atoms with E-state index in [1.165, 1.54) is 12.0 Å². The van der Waals surface area contributed by atoms with Crippen LogP contribution in [0.3, 0.4) is 0 Å². The van der Waals surface area contributed by atoms with E-state index in [1.54, 1.807) is 7.11 Å². The second-order valence-corrected chi connectivity index (χ2v) is 6.27. The van der Waals surface area contributed by atoms with Crippen LogP contribution in [0, 0.1) is 5.41 Å². The maximum Gasteiger partial charge on any atom is 0.127 e. The van der Waals surface area contributed by atoms with Crippen molar-refractivity contribution in [3.63, 3.8) is 0 Å². The summed E-state index contributed by atoms with van der Waals surface area (Å²) in [7, 11) is 1.69. The smallest absolute Gasteiger partial charge is 0.127 e. The monoisotopic (exact) mass is 312 g/mol. The van der Waals surface area contributed by atoms with Crippen LogP contribution in [0.2, 0.25) is 0 Å². The van der Waals surface area contributed by atoms with Gasteiger partial charge >= 0.3 is 0 Å². The Labute approximate surface area is 133 Å². The molecular formula is C16H25ClN2O2. The van der Waals surface area contributed by atoms with E-state index in [2.05, 4.69) is 23.2 Å². The fourth-order valence-electron chi connectivity index (χ4n) is 3.21. The predicted molar refractivity (Wildman–Crippen MR) is 86.6 cm³/mol. The first-order valence-corrected chi connectivity index (χ1v) is 7.41. The molecule has 0 aromatic heterocycles. The molecule has 2 aliphatic rings. The molecule has 4 nitrogen and oxygen atoms in total. The molecule has 0 aliphatic carbocycles. The van der Waals surface area contributed by atoms with Crippen molar-refractivity contribution < 1.29 is 9.47 Å². The third-order valence-corrected chi connectivity index (χ3v) is 4.40. The quantitative estimate of drug-likeness (QED) is 0.928. The van der Waals surface area contributed by atoms with Crippen LogP contribution in [-0.2, 0) is 6.54 Å². The van der Waals surface area contributed by atoms with Gasteiger partial charge in [0.15, 0.2) is 0 Å². The van der Waals surface area contributed by atoms with Crippen molar-refractivity contribution in [2.75, 3.05) is 39.9 Å². The normalized spacial score (nSPS) is 25.4. The van der Waals surface area contributed by atoms with Crippen LogP contribution in [-0.4, -0.2) is 44.8 Å². The molecule has 3 rings (SSSR count). The second kappa shape index (κ2) is 6.86. The number of nitrogens with one attached hydrogen (secondary N) is 1. The van der Waals surface area contributed by atoms with Crippen molar-refractivity contribution in [2.45, 2.75) is 19.9 Å². The van der Waals surface area contributed by atoms with Gasteiger partial charge in [0.25, 0.3) is 0 Å². The molecule has 2 heterocycles. The zero-order valence-corrected chi connectivity index (χ0v) is 13.7. The van der Waals surface area contributed by atoms with Gasteiger partial charge in [0.2, 0.25) is 0 Å². The number of hydrogen-bond donors (Lipinski definition) is 1. The molecule has 0 bridgehead atoms. The first-order chi connectivity index (χ1) is 9.68. The number of hydrogen-bond acceptors (Lipinski definition) is 4. The van der Waals surface area contributed by atoms with E-state index in [0.717, 1.165) is 50.8 Å². The molecule has 21 heavy (non-hydrogen) atoms. The van der Waals surface area contributed by atoms with E-state index >= 15 is 0 Å². The lowest BCUT2D eigenvalue weighted by Crippen LogP contribution is -2.38. The average molecular weight is 313 g/mol. The summed E-state index contributed by atoms with van der Waals surface area (Å²) in [5.41, 5.74) is 1.66. The number of halogens is 1. The zero-order valence-electron chi connectivity index (χ0n) is 12.9. The van der Waals surface area contributed by atoms with Gasteiger partial charge in [-0.1, -0.05) is 13.0 Å². The summed E-state index contributed by atoms with van der Waals surface area (Å²) >= 11 is 0. The van der Waals surface area contributed by atoms with Crippen LogP contribution in [0.25, 0.3) is 0 Å². The molecule has 2 aliphatic heterocycles. The lowest BCUT2D eigenvalue weighted by atomic mass is 9.89. The van der Waals surface area contributed by atoms with Crippen LogP contribution in [0.1, 0.15) is 18.9 Å². The van der Waals surface area contributed by atoms with Crippen molar-refractivity contribution in [3.8, 4) is 11.5 Å². The highest BCUT2D eigenvalue weighted by Gasteiger charge is 2.31. The Hall–Kier alpha value is -0.970. The summed E-state index contributed by atoms with van der Waals surface area (Å²) in [5.74, 6) is 1.84. The lowest BCUT2D eigenvalue weighted by molar-refractivity contribution is 0.158. The van der Waals surface area contributed by atoms with Crippen molar-refractivity contribution in [1.29, 1.82) is 0 Å². The Morgan fingerprint density at radius 2 is 2.29 bits per heavy atom. The predicted octanol–water partition coefficient (Wildman–Crippen LogP) is 2.31. The molecule has 0 amide bonds. The van der Waals surface area contributed by atoms with Crippen LogP contribution in [0.15, 0.2) is 18.2 Å². The second-order valence-electron chi connectivity index (χ2n) is 6.27. The molecule has 118 valence electrons. The first kappa shape index (κ1) is 16.4. The van der Waals surface area contributed by atoms with Gasteiger partial charge in [0.05, 0.1) is 7.11 Å². The summed E-state index contributed by atoms with van der Waals surface area (Å²) in [6.07, 6.45) is 1.26. The largest absolute Gasteiger partial charge is 0.497 e. The molecule has 1 aromatic rings. The van der Waals surface area contributed by atoms with E-state index in [9.17, 15) is 0 Å². The van der Waals surface area contributed by atoms with Crippen molar-refractivity contribution in [2.24, 2.45) is 5.41 Å². The van der Waals surface area contributed by atoms with E-state index < -0.39 is 0 Å². The molecule has 1 saturated heterocycles. The Kier molecular flexibility index (Phi) is 5.36. The minimum Gasteiger partial charge on any atom is -0.497 e. The van der Waals surface area contributed by atoms with E-state index in [-0.39, 0.29) is 12.4 Å². The Balaban J connectivity index is 0.00000161. The molecule has 1 atom stereocenters. The van der Waals surface area contributed by atoms with Gasteiger partial charge in [-0.2, -0.15) is 0 Å². The van der Waals surface area contributed by atoms with Gasteiger partial charge in [-0.3, -0.25) is 4.90 Å². The number of fused-ring (bicyclic) bond motifs is 1. The van der Waals surface area contributed by atoms with Gasteiger partial charge in [0, 0.05) is 37.8 Å². The van der Waals surface area contributed by atoms with Crippen LogP contribution < -0.4 is 14.8 Å². The number of rotatable bonds is 3. The fourth-order valence-corrected chi connectivity index (χ4v) is 3.21. The molecule has 1 N–H and O–H groups in total. The van der Waals surface area contributed by atoms with Crippen LogP contribution >= 0.6 is 12.4 Å². The third-order valence-electron chi connectivity index (χ3n) is 4.40. The lowest BCUT2D eigenvalue weighted by Gasteiger charge is -2.30. The molecule has 1 fully saturated rings. The van der Waals surface area contributed by atoms with Gasteiger partial charge in [-0.05, 0) is 24.4 Å². The SMILES string of the molecule is COc1ccc2c(c1)OCCN(CC1(C)CCNC1)C2.Cl. The Morgan fingerprint density at radius 1 is 1.43 bits per heavy atom. The van der Waals surface area contributed by atoms with Gasteiger partial charge in [-0.25, -0.2) is 0 Å². The maximum absolute atomic E-state index is 5.88. The summed E-state index contributed by atoms with van der Waals surface area (Å²) < 4.78 is 11.2. The third kappa shape index (κ3) is 3.82. The maximum atomic E-state index is 5.88. The van der Waals surface area contributed by atoms with Crippen molar-refractivity contribution in [1.82, 2.24) is 10.2 Å². The summed E-state index contributed by atoms with van der Waals surface area (Å²) in [6.45, 7) is 8.50. The van der Waals surface area contributed by atoms with Crippen LogP contribution in [0.4, 0.5) is 0 Å². The van der Waals surface area contributed by atoms with E-state index in [0.29, 0.717) is 5.41 Å². The standard InChI is InChI=1S/C16H24N2O2.ClH/c1-16(5-6-17-11-16)12-18-7-8-20-15-9-14(19-2)4-3-13(15)10-18;/h3-4,9,17H,5-8,10-12H2,1-2H3;1H. The van der Waals surface area contributed by atoms with Gasteiger partial charge in [0.1, 0.15) is 18.1 Å². The number of benzene rings is 1. The zero-order chi connectivity index (χ0) is 14.0. The topological polar surface area (TPSA) is 33.7 Å². The highest BCUT2D eigenvalue weighted by Crippen LogP contribution is 2.31.